The van der Waals surface area contributed by atoms with E-state index in [9.17, 15) is 13.2 Å². The van der Waals surface area contributed by atoms with Crippen LogP contribution in [-0.4, -0.2) is 30.2 Å². The Kier molecular flexibility index (Phi) is 2.63. The first-order chi connectivity index (χ1) is 5.53. The molecule has 0 aromatic carbocycles. The highest BCUT2D eigenvalue weighted by molar-refractivity contribution is 4.95. The topological polar surface area (TPSA) is 3.24 Å². The molecule has 68 valence electrons. The molecule has 1 saturated carbocycles. The third-order valence-corrected chi connectivity index (χ3v) is 1.74. The highest BCUT2D eigenvalue weighted by atomic mass is 19.4. The van der Waals surface area contributed by atoms with Gasteiger partial charge in [-0.2, -0.15) is 13.2 Å². The molecule has 0 heterocycles. The van der Waals surface area contributed by atoms with Gasteiger partial charge in [0.1, 0.15) is 0 Å². The Morgan fingerprint density at radius 2 is 2.00 bits per heavy atom. The monoisotopic (exact) mass is 177 g/mol. The summed E-state index contributed by atoms with van der Waals surface area (Å²) in [6, 6.07) is 0.0719. The zero-order valence-electron chi connectivity index (χ0n) is 6.56. The Balaban J connectivity index is 2.38. The molecule has 0 spiro atoms. The third kappa shape index (κ3) is 3.14. The number of hydrogen-bond acceptors (Lipinski definition) is 1. The highest BCUT2D eigenvalue weighted by Gasteiger charge is 2.37. The van der Waals surface area contributed by atoms with E-state index in [2.05, 4.69) is 5.92 Å². The normalized spacial score (nSPS) is 17.9. The number of terminal acetylenes is 1. The van der Waals surface area contributed by atoms with Gasteiger partial charge < -0.3 is 0 Å². The summed E-state index contributed by atoms with van der Waals surface area (Å²) in [5.41, 5.74) is 0. The predicted molar refractivity (Wildman–Crippen MR) is 39.5 cm³/mol. The molecule has 12 heavy (non-hydrogen) atoms. The maximum Gasteiger partial charge on any atom is 0.401 e. The maximum absolute atomic E-state index is 11.9. The second kappa shape index (κ2) is 3.36. The molecule has 1 fully saturated rings. The Hall–Kier alpha value is -0.690. The molecule has 0 aliphatic heterocycles. The lowest BCUT2D eigenvalue weighted by atomic mass is 10.4. The van der Waals surface area contributed by atoms with Crippen LogP contribution in [0.3, 0.4) is 0 Å². The summed E-state index contributed by atoms with van der Waals surface area (Å²) >= 11 is 0. The number of hydrogen-bond donors (Lipinski definition) is 0. The van der Waals surface area contributed by atoms with Gasteiger partial charge in [-0.05, 0) is 12.8 Å². The van der Waals surface area contributed by atoms with Gasteiger partial charge in [-0.15, -0.1) is 6.42 Å². The molecule has 0 radical (unpaired) electrons. The summed E-state index contributed by atoms with van der Waals surface area (Å²) in [5, 5.41) is 0. The second-order valence-corrected chi connectivity index (χ2v) is 2.96. The van der Waals surface area contributed by atoms with Crippen LogP contribution in [0.25, 0.3) is 0 Å². The molecule has 0 unspecified atom stereocenters. The highest BCUT2D eigenvalue weighted by Crippen LogP contribution is 2.29. The summed E-state index contributed by atoms with van der Waals surface area (Å²) in [5.74, 6) is 2.24. The third-order valence-electron chi connectivity index (χ3n) is 1.74. The fourth-order valence-corrected chi connectivity index (χ4v) is 1.10. The molecule has 1 aliphatic carbocycles. The molecule has 1 rings (SSSR count). The molecule has 0 saturated heterocycles. The summed E-state index contributed by atoms with van der Waals surface area (Å²) < 4.78 is 35.7. The molecule has 4 heteroatoms. The molecule has 0 N–H and O–H groups in total. The van der Waals surface area contributed by atoms with Gasteiger partial charge in [-0.25, -0.2) is 0 Å². The van der Waals surface area contributed by atoms with Gasteiger partial charge in [-0.1, -0.05) is 5.92 Å². The van der Waals surface area contributed by atoms with Gasteiger partial charge >= 0.3 is 6.18 Å². The summed E-state index contributed by atoms with van der Waals surface area (Å²) in [7, 11) is 0. The molecule has 0 bridgehead atoms. The van der Waals surface area contributed by atoms with Gasteiger partial charge in [0.15, 0.2) is 0 Å². The van der Waals surface area contributed by atoms with Crippen molar-refractivity contribution in [3.63, 3.8) is 0 Å². The molecule has 0 aromatic heterocycles. The van der Waals surface area contributed by atoms with E-state index in [0.717, 1.165) is 12.8 Å². The first kappa shape index (κ1) is 9.40. The molecular formula is C8H10F3N. The van der Waals surface area contributed by atoms with Crippen LogP contribution < -0.4 is 0 Å². The average molecular weight is 177 g/mol. The zero-order chi connectivity index (χ0) is 9.19. The van der Waals surface area contributed by atoms with Crippen molar-refractivity contribution in [2.75, 3.05) is 13.1 Å². The number of halogens is 3. The average Bonchev–Trinajstić information content (AvgIpc) is 2.63. The van der Waals surface area contributed by atoms with Crippen molar-refractivity contribution in [1.82, 2.24) is 4.90 Å². The lowest BCUT2D eigenvalue weighted by molar-refractivity contribution is -0.145. The molecular weight excluding hydrogens is 167 g/mol. The number of alkyl halides is 3. The van der Waals surface area contributed by atoms with Crippen molar-refractivity contribution in [3.8, 4) is 12.3 Å². The van der Waals surface area contributed by atoms with Crippen LogP contribution in [0, 0.1) is 12.3 Å². The van der Waals surface area contributed by atoms with E-state index in [1.165, 1.54) is 4.90 Å². The standard InChI is InChI=1S/C8H10F3N/c1-2-5-12(7-3-4-7)6-8(9,10)11/h1,7H,3-6H2. The van der Waals surface area contributed by atoms with Gasteiger partial charge in [0.2, 0.25) is 0 Å². The summed E-state index contributed by atoms with van der Waals surface area (Å²) in [6.45, 7) is -0.772. The zero-order valence-corrected chi connectivity index (χ0v) is 6.56. The van der Waals surface area contributed by atoms with E-state index in [4.69, 9.17) is 6.42 Å². The number of rotatable bonds is 3. The minimum absolute atomic E-state index is 0.0719. The molecule has 0 atom stereocenters. The second-order valence-electron chi connectivity index (χ2n) is 2.96. The van der Waals surface area contributed by atoms with Crippen LogP contribution in [-0.2, 0) is 0 Å². The van der Waals surface area contributed by atoms with Crippen LogP contribution in [0.1, 0.15) is 12.8 Å². The summed E-state index contributed by atoms with van der Waals surface area (Å²) in [6.07, 6.45) is 2.52. The largest absolute Gasteiger partial charge is 0.401 e. The van der Waals surface area contributed by atoms with Crippen molar-refractivity contribution in [2.45, 2.75) is 25.1 Å². The quantitative estimate of drug-likeness (QED) is 0.592. The lowest BCUT2D eigenvalue weighted by Gasteiger charge is -2.20. The van der Waals surface area contributed by atoms with Crippen molar-refractivity contribution in [3.05, 3.63) is 0 Å². The first-order valence-electron chi connectivity index (χ1n) is 3.77. The Morgan fingerprint density at radius 1 is 1.42 bits per heavy atom. The Morgan fingerprint density at radius 3 is 2.33 bits per heavy atom. The SMILES string of the molecule is C#CCN(CC(F)(F)F)C1CC1. The molecule has 0 aromatic rings. The van der Waals surface area contributed by atoms with Crippen molar-refractivity contribution < 1.29 is 13.2 Å². The fourth-order valence-electron chi connectivity index (χ4n) is 1.10. The van der Waals surface area contributed by atoms with Gasteiger partial charge in [-0.3, -0.25) is 4.90 Å². The first-order valence-corrected chi connectivity index (χ1v) is 3.77. The van der Waals surface area contributed by atoms with Gasteiger partial charge in [0.05, 0.1) is 13.1 Å². The van der Waals surface area contributed by atoms with E-state index < -0.39 is 12.7 Å². The van der Waals surface area contributed by atoms with E-state index in [-0.39, 0.29) is 12.6 Å². The van der Waals surface area contributed by atoms with E-state index >= 15 is 0 Å². The van der Waals surface area contributed by atoms with Crippen LogP contribution in [0.5, 0.6) is 0 Å². The lowest BCUT2D eigenvalue weighted by Crippen LogP contribution is -2.36. The van der Waals surface area contributed by atoms with Crippen LogP contribution in [0.4, 0.5) is 13.2 Å². The van der Waals surface area contributed by atoms with Gasteiger partial charge in [0, 0.05) is 6.04 Å². The van der Waals surface area contributed by atoms with Crippen molar-refractivity contribution >= 4 is 0 Å². The minimum atomic E-state index is -4.13. The van der Waals surface area contributed by atoms with Crippen LogP contribution in [0.2, 0.25) is 0 Å². The van der Waals surface area contributed by atoms with E-state index in [1.54, 1.807) is 0 Å². The fraction of sp³-hybridized carbons (Fsp3) is 0.750. The van der Waals surface area contributed by atoms with Crippen LogP contribution in [0.15, 0.2) is 0 Å². The van der Waals surface area contributed by atoms with Crippen LogP contribution >= 0.6 is 0 Å². The molecule has 1 aliphatic rings. The predicted octanol–water partition coefficient (Wildman–Crippen LogP) is 1.65. The molecule has 1 nitrogen and oxygen atoms in total. The van der Waals surface area contributed by atoms with Gasteiger partial charge in [0.25, 0.3) is 0 Å². The van der Waals surface area contributed by atoms with E-state index in [1.807, 2.05) is 0 Å². The summed E-state index contributed by atoms with van der Waals surface area (Å²) in [4.78, 5) is 1.31. The Labute approximate surface area is 69.5 Å². The van der Waals surface area contributed by atoms with Crippen molar-refractivity contribution in [2.24, 2.45) is 0 Å². The molecule has 0 amide bonds. The maximum atomic E-state index is 11.9. The van der Waals surface area contributed by atoms with Crippen molar-refractivity contribution in [1.29, 1.82) is 0 Å². The number of nitrogens with zero attached hydrogens (tertiary/aromatic N) is 1. The minimum Gasteiger partial charge on any atom is -0.281 e. The Bertz CT molecular complexity index is 187. The van der Waals surface area contributed by atoms with E-state index in [0.29, 0.717) is 0 Å². The smallest absolute Gasteiger partial charge is 0.281 e.